The third-order valence-electron chi connectivity index (χ3n) is 3.16. The highest BCUT2D eigenvalue weighted by Gasteiger charge is 2.15. The van der Waals surface area contributed by atoms with Gasteiger partial charge in [0, 0.05) is 10.6 Å². The van der Waals surface area contributed by atoms with E-state index in [0.29, 0.717) is 11.3 Å². The molecule has 104 valence electrons. The Morgan fingerprint density at radius 2 is 1.80 bits per heavy atom. The number of thioether (sulfide) groups is 1. The van der Waals surface area contributed by atoms with Gasteiger partial charge in [0.15, 0.2) is 0 Å². The van der Waals surface area contributed by atoms with E-state index in [9.17, 15) is 4.79 Å². The highest BCUT2D eigenvalue weighted by atomic mass is 32.2. The maximum Gasteiger partial charge on any atom is 0.252 e. The first-order chi connectivity index (χ1) is 9.63. The number of para-hydroxylation sites is 1. The molecular formula is C16H18N2OS. The number of nitrogens with two attached hydrogens (primary N) is 1. The number of carbonyl (C=O) groups is 1. The van der Waals surface area contributed by atoms with Crippen LogP contribution in [0.5, 0.6) is 0 Å². The van der Waals surface area contributed by atoms with Crippen LogP contribution in [0.25, 0.3) is 0 Å². The predicted octanol–water partition coefficient (Wildman–Crippen LogP) is 3.48. The summed E-state index contributed by atoms with van der Waals surface area (Å²) in [7, 11) is 0. The van der Waals surface area contributed by atoms with Crippen molar-refractivity contribution < 1.29 is 4.79 Å². The second kappa shape index (κ2) is 6.48. The number of nitrogens with one attached hydrogen (secondary N) is 1. The van der Waals surface area contributed by atoms with Crippen molar-refractivity contribution in [2.24, 2.45) is 0 Å². The van der Waals surface area contributed by atoms with Gasteiger partial charge in [0.2, 0.25) is 0 Å². The summed E-state index contributed by atoms with van der Waals surface area (Å²) in [6.07, 6.45) is 1.96. The van der Waals surface area contributed by atoms with Gasteiger partial charge in [-0.25, -0.2) is 0 Å². The monoisotopic (exact) mass is 286 g/mol. The Morgan fingerprint density at radius 3 is 2.50 bits per heavy atom. The summed E-state index contributed by atoms with van der Waals surface area (Å²) in [6, 6.07) is 15.0. The van der Waals surface area contributed by atoms with Gasteiger partial charge in [0.25, 0.3) is 5.91 Å². The molecule has 1 amide bonds. The number of rotatable bonds is 4. The van der Waals surface area contributed by atoms with Crippen molar-refractivity contribution >= 4 is 23.4 Å². The molecule has 0 heterocycles. The highest BCUT2D eigenvalue weighted by Crippen LogP contribution is 2.23. The summed E-state index contributed by atoms with van der Waals surface area (Å²) in [5, 5.41) is 3.00. The quantitative estimate of drug-likeness (QED) is 0.668. The number of amides is 1. The van der Waals surface area contributed by atoms with Crippen molar-refractivity contribution in [3.63, 3.8) is 0 Å². The van der Waals surface area contributed by atoms with E-state index in [-0.39, 0.29) is 11.9 Å². The third kappa shape index (κ3) is 3.14. The van der Waals surface area contributed by atoms with E-state index >= 15 is 0 Å². The van der Waals surface area contributed by atoms with Crippen LogP contribution in [0.3, 0.4) is 0 Å². The molecule has 3 N–H and O–H groups in total. The molecule has 1 unspecified atom stereocenters. The molecule has 1 atom stereocenters. The molecule has 0 bridgehead atoms. The molecular weight excluding hydrogens is 268 g/mol. The molecule has 20 heavy (non-hydrogen) atoms. The maximum absolute atomic E-state index is 12.4. The van der Waals surface area contributed by atoms with E-state index in [1.54, 1.807) is 11.8 Å². The third-order valence-corrected chi connectivity index (χ3v) is 3.96. The number of nitrogen functional groups attached to an aromatic ring is 1. The molecule has 2 rings (SSSR count). The van der Waals surface area contributed by atoms with Crippen LogP contribution in [0.4, 0.5) is 5.69 Å². The second-order valence-electron chi connectivity index (χ2n) is 4.52. The maximum atomic E-state index is 12.4. The Morgan fingerprint density at radius 1 is 1.15 bits per heavy atom. The zero-order valence-electron chi connectivity index (χ0n) is 11.6. The van der Waals surface area contributed by atoms with Crippen LogP contribution < -0.4 is 11.1 Å². The zero-order valence-corrected chi connectivity index (χ0v) is 12.4. The van der Waals surface area contributed by atoms with Crippen LogP contribution in [0.1, 0.15) is 28.9 Å². The number of benzene rings is 2. The summed E-state index contributed by atoms with van der Waals surface area (Å²) in [4.78, 5) is 13.3. The SMILES string of the molecule is CSc1ccccc1C(=O)NC(C)c1ccccc1N. The molecule has 0 aromatic heterocycles. The molecule has 0 aliphatic rings. The van der Waals surface area contributed by atoms with Crippen LogP contribution in [0.2, 0.25) is 0 Å². The minimum absolute atomic E-state index is 0.0781. The van der Waals surface area contributed by atoms with Crippen LogP contribution in [0, 0.1) is 0 Å². The van der Waals surface area contributed by atoms with Crippen LogP contribution in [-0.2, 0) is 0 Å². The first-order valence-corrected chi connectivity index (χ1v) is 7.64. The molecule has 0 saturated carbocycles. The number of hydrogen-bond donors (Lipinski definition) is 2. The first-order valence-electron chi connectivity index (χ1n) is 6.41. The zero-order chi connectivity index (χ0) is 14.5. The lowest BCUT2D eigenvalue weighted by atomic mass is 10.1. The van der Waals surface area contributed by atoms with Gasteiger partial charge in [-0.2, -0.15) is 0 Å². The normalized spacial score (nSPS) is 11.9. The molecule has 0 spiro atoms. The summed E-state index contributed by atoms with van der Waals surface area (Å²) < 4.78 is 0. The molecule has 3 nitrogen and oxygen atoms in total. The largest absolute Gasteiger partial charge is 0.398 e. The molecule has 0 aliphatic carbocycles. The average molecular weight is 286 g/mol. The fourth-order valence-corrected chi connectivity index (χ4v) is 2.68. The molecule has 0 radical (unpaired) electrons. The molecule has 2 aromatic carbocycles. The van der Waals surface area contributed by atoms with E-state index in [4.69, 9.17) is 5.73 Å². The van der Waals surface area contributed by atoms with Crippen LogP contribution in [0.15, 0.2) is 53.4 Å². The van der Waals surface area contributed by atoms with Gasteiger partial charge >= 0.3 is 0 Å². The fourth-order valence-electron chi connectivity index (χ4n) is 2.09. The van der Waals surface area contributed by atoms with Crippen molar-refractivity contribution in [3.05, 3.63) is 59.7 Å². The van der Waals surface area contributed by atoms with Gasteiger partial charge in [-0.15, -0.1) is 11.8 Å². The van der Waals surface area contributed by atoms with Crippen molar-refractivity contribution in [2.75, 3.05) is 12.0 Å². The molecule has 4 heteroatoms. The molecule has 0 fully saturated rings. The van der Waals surface area contributed by atoms with Gasteiger partial charge in [0.05, 0.1) is 11.6 Å². The molecule has 0 aliphatic heterocycles. The Kier molecular flexibility index (Phi) is 4.69. The lowest BCUT2D eigenvalue weighted by Crippen LogP contribution is -2.27. The van der Waals surface area contributed by atoms with Gasteiger partial charge in [-0.1, -0.05) is 30.3 Å². The molecule has 0 saturated heterocycles. The number of anilines is 1. The van der Waals surface area contributed by atoms with Gasteiger partial charge in [-0.05, 0) is 36.9 Å². The Labute approximate surface area is 123 Å². The van der Waals surface area contributed by atoms with Crippen molar-refractivity contribution in [1.82, 2.24) is 5.32 Å². The van der Waals surface area contributed by atoms with E-state index in [1.807, 2.05) is 61.7 Å². The van der Waals surface area contributed by atoms with Crippen molar-refractivity contribution in [1.29, 1.82) is 0 Å². The minimum Gasteiger partial charge on any atom is -0.398 e. The molecule has 2 aromatic rings. The first kappa shape index (κ1) is 14.5. The lowest BCUT2D eigenvalue weighted by Gasteiger charge is -2.17. The summed E-state index contributed by atoms with van der Waals surface area (Å²) in [5.74, 6) is -0.0781. The van der Waals surface area contributed by atoms with E-state index in [2.05, 4.69) is 5.32 Å². The fraction of sp³-hybridized carbons (Fsp3) is 0.188. The highest BCUT2D eigenvalue weighted by molar-refractivity contribution is 7.98. The smallest absolute Gasteiger partial charge is 0.252 e. The summed E-state index contributed by atoms with van der Waals surface area (Å²) >= 11 is 1.56. The summed E-state index contributed by atoms with van der Waals surface area (Å²) in [6.45, 7) is 1.94. The average Bonchev–Trinajstić information content (AvgIpc) is 2.47. The lowest BCUT2D eigenvalue weighted by molar-refractivity contribution is 0.0937. The van der Waals surface area contributed by atoms with E-state index in [1.165, 1.54) is 0 Å². The predicted molar refractivity (Wildman–Crippen MR) is 85.0 cm³/mol. The standard InChI is InChI=1S/C16H18N2OS/c1-11(12-7-3-5-9-14(12)17)18-16(19)13-8-4-6-10-15(13)20-2/h3-11H,17H2,1-2H3,(H,18,19). The van der Waals surface area contributed by atoms with Crippen molar-refractivity contribution in [3.8, 4) is 0 Å². The van der Waals surface area contributed by atoms with Crippen LogP contribution >= 0.6 is 11.8 Å². The summed E-state index contributed by atoms with van der Waals surface area (Å²) in [5.41, 5.74) is 8.26. The Balaban J connectivity index is 2.18. The van der Waals surface area contributed by atoms with Gasteiger partial charge in [-0.3, -0.25) is 4.79 Å². The second-order valence-corrected chi connectivity index (χ2v) is 5.37. The van der Waals surface area contributed by atoms with E-state index < -0.39 is 0 Å². The van der Waals surface area contributed by atoms with Crippen molar-refractivity contribution in [2.45, 2.75) is 17.9 Å². The number of carbonyl (C=O) groups excluding carboxylic acids is 1. The van der Waals surface area contributed by atoms with E-state index in [0.717, 1.165) is 10.5 Å². The number of hydrogen-bond acceptors (Lipinski definition) is 3. The topological polar surface area (TPSA) is 55.1 Å². The van der Waals surface area contributed by atoms with Crippen LogP contribution in [-0.4, -0.2) is 12.2 Å². The van der Waals surface area contributed by atoms with Gasteiger partial charge in [0.1, 0.15) is 0 Å². The van der Waals surface area contributed by atoms with Gasteiger partial charge < -0.3 is 11.1 Å². The Bertz CT molecular complexity index is 613. The minimum atomic E-state index is -0.126. The Hall–Kier alpha value is -1.94.